The highest BCUT2D eigenvalue weighted by Gasteiger charge is 2.06. The summed E-state index contributed by atoms with van der Waals surface area (Å²) in [5.74, 6) is 0.913. The van der Waals surface area contributed by atoms with Gasteiger partial charge in [0.1, 0.15) is 5.75 Å². The molecule has 0 spiro atoms. The van der Waals surface area contributed by atoms with E-state index in [1.54, 1.807) is 32.9 Å². The van der Waals surface area contributed by atoms with Gasteiger partial charge in [-0.2, -0.15) is 0 Å². The van der Waals surface area contributed by atoms with Gasteiger partial charge in [-0.25, -0.2) is 4.98 Å². The fourth-order valence-corrected chi connectivity index (χ4v) is 5.00. The maximum atomic E-state index is 5.52. The van der Waals surface area contributed by atoms with Gasteiger partial charge in [-0.15, -0.1) is 11.3 Å². The third-order valence-electron chi connectivity index (χ3n) is 2.60. The van der Waals surface area contributed by atoms with Crippen LogP contribution < -0.4 is 4.74 Å². The molecule has 0 N–H and O–H groups in total. The van der Waals surface area contributed by atoms with E-state index >= 15 is 0 Å². The Hall–Kier alpha value is -1.17. The minimum absolute atomic E-state index is 0.690. The lowest BCUT2D eigenvalue weighted by Crippen LogP contribution is -1.89. The van der Waals surface area contributed by atoms with E-state index in [1.807, 2.05) is 25.1 Å². The summed E-state index contributed by atoms with van der Waals surface area (Å²) < 4.78 is 7.76. The Morgan fingerprint density at radius 1 is 1.10 bits per heavy atom. The number of hydrogen-bond donors (Lipinski definition) is 0. The number of thiazole rings is 1. The Morgan fingerprint density at radius 2 is 1.95 bits per heavy atom. The summed E-state index contributed by atoms with van der Waals surface area (Å²) in [6.45, 7) is 2.68. The van der Waals surface area contributed by atoms with Crippen molar-refractivity contribution in [3.8, 4) is 5.75 Å². The van der Waals surface area contributed by atoms with Crippen LogP contribution in [0.3, 0.4) is 0 Å². The molecule has 2 aromatic carbocycles. The second-order valence-corrected chi connectivity index (χ2v) is 7.50. The molecule has 2 nitrogen and oxygen atoms in total. The van der Waals surface area contributed by atoms with Gasteiger partial charge in [-0.05, 0) is 48.0 Å². The topological polar surface area (TPSA) is 22.1 Å². The predicted octanol–water partition coefficient (Wildman–Crippen LogP) is 5.49. The molecule has 102 valence electrons. The van der Waals surface area contributed by atoms with Crippen molar-refractivity contribution in [2.45, 2.75) is 16.2 Å². The minimum atomic E-state index is 0.690. The summed E-state index contributed by atoms with van der Waals surface area (Å²) >= 11 is 1.71. The summed E-state index contributed by atoms with van der Waals surface area (Å²) in [6.07, 6.45) is 0. The number of aromatic nitrogens is 1. The van der Waals surface area contributed by atoms with Crippen LogP contribution in [0.4, 0.5) is 0 Å². The van der Waals surface area contributed by atoms with Gasteiger partial charge in [0.2, 0.25) is 0 Å². The van der Waals surface area contributed by atoms with Gasteiger partial charge < -0.3 is 4.74 Å². The molecule has 0 bridgehead atoms. The molecular formula is C15H13NOS3. The summed E-state index contributed by atoms with van der Waals surface area (Å²) in [7, 11) is 3.44. The summed E-state index contributed by atoms with van der Waals surface area (Å²) in [4.78, 5) is 5.88. The molecule has 0 saturated carbocycles. The van der Waals surface area contributed by atoms with Crippen molar-refractivity contribution in [3.05, 3.63) is 48.5 Å². The van der Waals surface area contributed by atoms with Crippen LogP contribution in [0.1, 0.15) is 6.92 Å². The third kappa shape index (κ3) is 3.29. The van der Waals surface area contributed by atoms with Crippen molar-refractivity contribution >= 4 is 43.1 Å². The normalized spacial score (nSPS) is 10.8. The quantitative estimate of drug-likeness (QED) is 0.579. The standard InChI is InChI=1S/C15H13NOS3/c1-2-17-11-8-9-13-14(10-11)18-15(16-13)20-19-12-6-4-3-5-7-12/h3-10H,2H2,1H3. The largest absolute Gasteiger partial charge is 0.494 e. The van der Waals surface area contributed by atoms with Crippen LogP contribution in [-0.2, 0) is 0 Å². The molecule has 0 amide bonds. The van der Waals surface area contributed by atoms with Gasteiger partial charge in [0.25, 0.3) is 0 Å². The molecule has 0 atom stereocenters. The second kappa shape index (κ2) is 6.52. The average molecular weight is 319 g/mol. The monoisotopic (exact) mass is 319 g/mol. The van der Waals surface area contributed by atoms with E-state index in [9.17, 15) is 0 Å². The molecule has 0 aliphatic carbocycles. The van der Waals surface area contributed by atoms with E-state index in [2.05, 4.69) is 35.3 Å². The molecule has 20 heavy (non-hydrogen) atoms. The van der Waals surface area contributed by atoms with E-state index in [-0.39, 0.29) is 0 Å². The van der Waals surface area contributed by atoms with Gasteiger partial charge >= 0.3 is 0 Å². The van der Waals surface area contributed by atoms with Crippen LogP contribution in [0.25, 0.3) is 10.2 Å². The Bertz CT molecular complexity index is 697. The van der Waals surface area contributed by atoms with Crippen molar-refractivity contribution in [3.63, 3.8) is 0 Å². The van der Waals surface area contributed by atoms with E-state index in [1.165, 1.54) is 9.60 Å². The van der Waals surface area contributed by atoms with Crippen molar-refractivity contribution in [2.24, 2.45) is 0 Å². The summed E-state index contributed by atoms with van der Waals surface area (Å²) in [6, 6.07) is 16.4. The number of benzene rings is 2. The average Bonchev–Trinajstić information content (AvgIpc) is 2.89. The molecule has 5 heteroatoms. The lowest BCUT2D eigenvalue weighted by Gasteiger charge is -2.00. The molecular weight excluding hydrogens is 306 g/mol. The molecule has 1 aromatic heterocycles. The van der Waals surface area contributed by atoms with Crippen molar-refractivity contribution in [2.75, 3.05) is 6.61 Å². The molecule has 0 fully saturated rings. The highest BCUT2D eigenvalue weighted by atomic mass is 33.1. The highest BCUT2D eigenvalue weighted by molar-refractivity contribution is 8.77. The van der Waals surface area contributed by atoms with Gasteiger partial charge in [0, 0.05) is 4.90 Å². The zero-order valence-electron chi connectivity index (χ0n) is 10.9. The van der Waals surface area contributed by atoms with Gasteiger partial charge in [-0.1, -0.05) is 29.0 Å². The number of fused-ring (bicyclic) bond motifs is 1. The number of rotatable bonds is 5. The van der Waals surface area contributed by atoms with E-state index in [4.69, 9.17) is 4.74 Å². The van der Waals surface area contributed by atoms with Crippen LogP contribution in [0.15, 0.2) is 57.8 Å². The Labute approximate surface area is 130 Å². The zero-order chi connectivity index (χ0) is 13.8. The second-order valence-electron chi connectivity index (χ2n) is 4.02. The maximum Gasteiger partial charge on any atom is 0.162 e. The Morgan fingerprint density at radius 3 is 2.75 bits per heavy atom. The van der Waals surface area contributed by atoms with Gasteiger partial charge in [0.05, 0.1) is 16.8 Å². The minimum Gasteiger partial charge on any atom is -0.494 e. The lowest BCUT2D eigenvalue weighted by atomic mass is 10.3. The van der Waals surface area contributed by atoms with Crippen LogP contribution >= 0.6 is 32.9 Å². The first-order valence-corrected chi connectivity index (χ1v) is 9.25. The number of hydrogen-bond acceptors (Lipinski definition) is 5. The fourth-order valence-electron chi connectivity index (χ4n) is 1.74. The van der Waals surface area contributed by atoms with Crippen LogP contribution in [0, 0.1) is 0 Å². The first-order valence-electron chi connectivity index (χ1n) is 6.28. The molecule has 0 aliphatic heterocycles. The molecule has 1 heterocycles. The fraction of sp³-hybridized carbons (Fsp3) is 0.133. The van der Waals surface area contributed by atoms with Gasteiger partial charge in [-0.3, -0.25) is 0 Å². The first-order chi connectivity index (χ1) is 9.85. The SMILES string of the molecule is CCOc1ccc2nc(SSc3ccccc3)sc2c1. The predicted molar refractivity (Wildman–Crippen MR) is 88.9 cm³/mol. The molecule has 0 aliphatic rings. The Balaban J connectivity index is 1.75. The van der Waals surface area contributed by atoms with Crippen LogP contribution in [-0.4, -0.2) is 11.6 Å². The highest BCUT2D eigenvalue weighted by Crippen LogP contribution is 2.41. The molecule has 0 unspecified atom stereocenters. The number of nitrogens with zero attached hydrogens (tertiary/aromatic N) is 1. The zero-order valence-corrected chi connectivity index (χ0v) is 13.4. The van der Waals surface area contributed by atoms with Gasteiger partial charge in [0.15, 0.2) is 4.34 Å². The number of ether oxygens (including phenoxy) is 1. The first kappa shape index (κ1) is 13.8. The molecule has 3 aromatic rings. The molecule has 0 saturated heterocycles. The third-order valence-corrected chi connectivity index (χ3v) is 6.32. The van der Waals surface area contributed by atoms with E-state index in [0.717, 1.165) is 15.6 Å². The Kier molecular flexibility index (Phi) is 4.50. The summed E-state index contributed by atoms with van der Waals surface area (Å²) in [5, 5.41) is 0. The smallest absolute Gasteiger partial charge is 0.162 e. The van der Waals surface area contributed by atoms with Crippen molar-refractivity contribution in [1.29, 1.82) is 0 Å². The van der Waals surface area contributed by atoms with Crippen molar-refractivity contribution < 1.29 is 4.74 Å². The van der Waals surface area contributed by atoms with E-state index in [0.29, 0.717) is 6.61 Å². The molecule has 3 rings (SSSR count). The van der Waals surface area contributed by atoms with Crippen LogP contribution in [0.2, 0.25) is 0 Å². The van der Waals surface area contributed by atoms with E-state index < -0.39 is 0 Å². The summed E-state index contributed by atoms with van der Waals surface area (Å²) in [5.41, 5.74) is 1.04. The van der Waals surface area contributed by atoms with Crippen molar-refractivity contribution in [1.82, 2.24) is 4.98 Å². The maximum absolute atomic E-state index is 5.52. The molecule has 0 radical (unpaired) electrons. The lowest BCUT2D eigenvalue weighted by molar-refractivity contribution is 0.341. The van der Waals surface area contributed by atoms with Crippen LogP contribution in [0.5, 0.6) is 5.75 Å².